The molecular weight excluding hydrogens is 374 g/mol. The average Bonchev–Trinajstić information content (AvgIpc) is 3.24. The molecule has 0 radical (unpaired) electrons. The SMILES string of the molecule is O=C(Nc1ccc(Cn2ccnc2)cc1)N1CCC[C@H](c2cc(F)ccc2F)C1. The number of urea groups is 1. The van der Waals surface area contributed by atoms with Crippen LogP contribution in [-0.4, -0.2) is 33.6 Å². The number of piperidine rings is 1. The molecule has 2 aromatic carbocycles. The number of carbonyl (C=O) groups is 1. The quantitative estimate of drug-likeness (QED) is 0.700. The third-order valence-corrected chi connectivity index (χ3v) is 5.24. The van der Waals surface area contributed by atoms with Crippen molar-refractivity contribution in [2.24, 2.45) is 0 Å². The van der Waals surface area contributed by atoms with Crippen molar-refractivity contribution in [3.05, 3.63) is 83.9 Å². The summed E-state index contributed by atoms with van der Waals surface area (Å²) in [5.41, 5.74) is 2.13. The lowest BCUT2D eigenvalue weighted by atomic mass is 9.90. The van der Waals surface area contributed by atoms with E-state index in [0.717, 1.165) is 30.5 Å². The number of halogens is 2. The number of benzene rings is 2. The molecule has 0 aliphatic carbocycles. The van der Waals surface area contributed by atoms with Gasteiger partial charge in [0, 0.05) is 43.6 Å². The average molecular weight is 396 g/mol. The summed E-state index contributed by atoms with van der Waals surface area (Å²) in [4.78, 5) is 18.4. The Hall–Kier alpha value is -3.22. The van der Waals surface area contributed by atoms with Crippen molar-refractivity contribution in [3.63, 3.8) is 0 Å². The van der Waals surface area contributed by atoms with E-state index in [1.165, 1.54) is 6.07 Å². The van der Waals surface area contributed by atoms with E-state index >= 15 is 0 Å². The van der Waals surface area contributed by atoms with Gasteiger partial charge in [-0.3, -0.25) is 0 Å². The number of nitrogens with one attached hydrogen (secondary N) is 1. The minimum atomic E-state index is -0.459. The van der Waals surface area contributed by atoms with E-state index in [9.17, 15) is 13.6 Å². The molecule has 0 unspecified atom stereocenters. The lowest BCUT2D eigenvalue weighted by Gasteiger charge is -2.33. The van der Waals surface area contributed by atoms with E-state index in [0.29, 0.717) is 30.9 Å². The zero-order chi connectivity index (χ0) is 20.2. The van der Waals surface area contributed by atoms with Gasteiger partial charge in [0.05, 0.1) is 6.33 Å². The first kappa shape index (κ1) is 19.1. The number of nitrogens with zero attached hydrogens (tertiary/aromatic N) is 3. The minimum absolute atomic E-state index is 0.206. The van der Waals surface area contributed by atoms with Crippen molar-refractivity contribution in [1.29, 1.82) is 0 Å². The van der Waals surface area contributed by atoms with Crippen molar-refractivity contribution in [2.75, 3.05) is 18.4 Å². The fourth-order valence-corrected chi connectivity index (χ4v) is 3.73. The van der Waals surface area contributed by atoms with Gasteiger partial charge in [-0.1, -0.05) is 12.1 Å². The lowest BCUT2D eigenvalue weighted by molar-refractivity contribution is 0.192. The predicted octanol–water partition coefficient (Wildman–Crippen LogP) is 4.62. The van der Waals surface area contributed by atoms with Crippen LogP contribution in [-0.2, 0) is 6.54 Å². The molecule has 1 N–H and O–H groups in total. The van der Waals surface area contributed by atoms with Crippen LogP contribution >= 0.6 is 0 Å². The van der Waals surface area contributed by atoms with E-state index in [2.05, 4.69) is 10.3 Å². The molecule has 5 nitrogen and oxygen atoms in total. The van der Waals surface area contributed by atoms with Gasteiger partial charge in [-0.25, -0.2) is 18.6 Å². The zero-order valence-electron chi connectivity index (χ0n) is 15.9. The number of likely N-dealkylation sites (tertiary alicyclic amines) is 1. The molecule has 1 saturated heterocycles. The number of hydrogen-bond acceptors (Lipinski definition) is 2. The van der Waals surface area contributed by atoms with Crippen LogP contribution in [0.15, 0.2) is 61.2 Å². The van der Waals surface area contributed by atoms with Gasteiger partial charge in [-0.05, 0) is 54.3 Å². The van der Waals surface area contributed by atoms with Crippen molar-refractivity contribution < 1.29 is 13.6 Å². The Labute approximate surface area is 168 Å². The molecule has 1 fully saturated rings. The van der Waals surface area contributed by atoms with E-state index in [-0.39, 0.29) is 11.9 Å². The van der Waals surface area contributed by atoms with Gasteiger partial charge in [0.1, 0.15) is 11.6 Å². The van der Waals surface area contributed by atoms with Crippen LogP contribution in [0.1, 0.15) is 29.9 Å². The van der Waals surface area contributed by atoms with Gasteiger partial charge in [-0.15, -0.1) is 0 Å². The third-order valence-electron chi connectivity index (χ3n) is 5.24. The van der Waals surface area contributed by atoms with Crippen LogP contribution in [0.25, 0.3) is 0 Å². The summed E-state index contributed by atoms with van der Waals surface area (Å²) in [5, 5.41) is 2.90. The molecule has 1 aromatic heterocycles. The second-order valence-electron chi connectivity index (χ2n) is 7.31. The Balaban J connectivity index is 1.38. The molecule has 1 aliphatic heterocycles. The van der Waals surface area contributed by atoms with Crippen molar-refractivity contribution in [3.8, 4) is 0 Å². The fourth-order valence-electron chi connectivity index (χ4n) is 3.73. The van der Waals surface area contributed by atoms with E-state index in [1.807, 2.05) is 35.0 Å². The standard InChI is InChI=1S/C22H22F2N4O/c23-18-5-8-21(24)20(12-18)17-2-1-10-28(14-17)22(29)26-19-6-3-16(4-7-19)13-27-11-9-25-15-27/h3-9,11-12,15,17H,1-2,10,13-14H2,(H,26,29)/t17-/m0/s1. The smallest absolute Gasteiger partial charge is 0.321 e. The molecule has 2 heterocycles. The summed E-state index contributed by atoms with van der Waals surface area (Å²) >= 11 is 0. The largest absolute Gasteiger partial charge is 0.333 e. The molecule has 0 bridgehead atoms. The summed E-state index contributed by atoms with van der Waals surface area (Å²) in [6.07, 6.45) is 6.86. The van der Waals surface area contributed by atoms with E-state index in [1.54, 1.807) is 17.4 Å². The first-order valence-corrected chi connectivity index (χ1v) is 9.64. The van der Waals surface area contributed by atoms with Gasteiger partial charge in [0.15, 0.2) is 0 Å². The van der Waals surface area contributed by atoms with Gasteiger partial charge in [0.2, 0.25) is 0 Å². The number of carbonyl (C=O) groups excluding carboxylic acids is 1. The number of anilines is 1. The maximum atomic E-state index is 14.1. The highest BCUT2D eigenvalue weighted by molar-refractivity contribution is 5.89. The zero-order valence-corrected chi connectivity index (χ0v) is 15.9. The molecule has 3 aromatic rings. The highest BCUT2D eigenvalue weighted by atomic mass is 19.1. The number of aromatic nitrogens is 2. The van der Waals surface area contributed by atoms with Crippen LogP contribution in [0.3, 0.4) is 0 Å². The van der Waals surface area contributed by atoms with Crippen molar-refractivity contribution >= 4 is 11.7 Å². The number of amides is 2. The second-order valence-corrected chi connectivity index (χ2v) is 7.31. The molecular formula is C22H22F2N4O. The van der Waals surface area contributed by atoms with Gasteiger partial charge in [0.25, 0.3) is 0 Å². The number of hydrogen-bond donors (Lipinski definition) is 1. The number of rotatable bonds is 4. The summed E-state index contributed by atoms with van der Waals surface area (Å²) in [6, 6.07) is 10.9. The van der Waals surface area contributed by atoms with Gasteiger partial charge in [-0.2, -0.15) is 0 Å². The Morgan fingerprint density at radius 2 is 2.00 bits per heavy atom. The second kappa shape index (κ2) is 8.43. The molecule has 1 atom stereocenters. The summed E-state index contributed by atoms with van der Waals surface area (Å²) in [6.45, 7) is 1.67. The minimum Gasteiger partial charge on any atom is -0.333 e. The molecule has 150 valence electrons. The van der Waals surface area contributed by atoms with Crippen molar-refractivity contribution in [1.82, 2.24) is 14.5 Å². The fraction of sp³-hybridized carbons (Fsp3) is 0.273. The molecule has 0 saturated carbocycles. The maximum absolute atomic E-state index is 14.1. The maximum Gasteiger partial charge on any atom is 0.321 e. The Bertz CT molecular complexity index is 973. The van der Waals surface area contributed by atoms with Crippen LogP contribution in [0.4, 0.5) is 19.3 Å². The highest BCUT2D eigenvalue weighted by Crippen LogP contribution is 2.29. The van der Waals surface area contributed by atoms with Crippen LogP contribution < -0.4 is 5.32 Å². The molecule has 4 rings (SSSR count). The first-order valence-electron chi connectivity index (χ1n) is 9.64. The highest BCUT2D eigenvalue weighted by Gasteiger charge is 2.27. The molecule has 0 spiro atoms. The topological polar surface area (TPSA) is 50.2 Å². The molecule has 2 amide bonds. The summed E-state index contributed by atoms with van der Waals surface area (Å²) in [7, 11) is 0. The molecule has 29 heavy (non-hydrogen) atoms. The van der Waals surface area contributed by atoms with Crippen molar-refractivity contribution in [2.45, 2.75) is 25.3 Å². The Kier molecular flexibility index (Phi) is 5.55. The van der Waals surface area contributed by atoms with Gasteiger partial charge >= 0.3 is 6.03 Å². The molecule has 1 aliphatic rings. The van der Waals surface area contributed by atoms with Crippen LogP contribution in [0, 0.1) is 11.6 Å². The Morgan fingerprint density at radius 1 is 1.17 bits per heavy atom. The van der Waals surface area contributed by atoms with E-state index in [4.69, 9.17) is 0 Å². The van der Waals surface area contributed by atoms with E-state index < -0.39 is 11.6 Å². The number of imidazole rings is 1. The van der Waals surface area contributed by atoms with Crippen LogP contribution in [0.2, 0.25) is 0 Å². The predicted molar refractivity (Wildman–Crippen MR) is 107 cm³/mol. The Morgan fingerprint density at radius 3 is 2.76 bits per heavy atom. The summed E-state index contributed by atoms with van der Waals surface area (Å²) < 4.78 is 29.6. The van der Waals surface area contributed by atoms with Gasteiger partial charge < -0.3 is 14.8 Å². The third kappa shape index (κ3) is 4.62. The van der Waals surface area contributed by atoms with Crippen LogP contribution in [0.5, 0.6) is 0 Å². The first-order chi connectivity index (χ1) is 14.1. The summed E-state index contributed by atoms with van der Waals surface area (Å²) in [5.74, 6) is -1.09. The normalized spacial score (nSPS) is 16.6. The molecule has 7 heteroatoms. The lowest BCUT2D eigenvalue weighted by Crippen LogP contribution is -2.41. The monoisotopic (exact) mass is 396 g/mol.